The predicted octanol–water partition coefficient (Wildman–Crippen LogP) is 4.84. The summed E-state index contributed by atoms with van der Waals surface area (Å²) in [6.07, 6.45) is -11.5. The molecule has 2 rings (SSSR count). The summed E-state index contributed by atoms with van der Waals surface area (Å²) in [5.74, 6) is -24.0. The molecule has 0 bridgehead atoms. The van der Waals surface area contributed by atoms with E-state index in [9.17, 15) is 44.3 Å². The molecule has 0 spiro atoms. The zero-order chi connectivity index (χ0) is 21.5. The van der Waals surface area contributed by atoms with Crippen molar-refractivity contribution in [3.8, 4) is 11.5 Å². The molecule has 1 aliphatic rings. The number of rotatable bonds is 7. The molecule has 2 heterocycles. The molecule has 0 radical (unpaired) electrons. The first-order chi connectivity index (χ1) is 12.6. The molecule has 160 valence electrons. The molecule has 1 aliphatic heterocycles. The van der Waals surface area contributed by atoms with Gasteiger partial charge in [-0.15, -0.1) is 11.3 Å². The minimum absolute atomic E-state index is 0.131. The summed E-state index contributed by atoms with van der Waals surface area (Å²) in [6.45, 7) is -0.353. The van der Waals surface area contributed by atoms with Crippen LogP contribution in [0, 0.1) is 5.92 Å². The SMILES string of the molecule is O=C(O)C(CC1COc2cscc2O1)CC(F)(F)C(F)(F)C(F)(F)C(F)(F)F. The van der Waals surface area contributed by atoms with Crippen LogP contribution in [-0.4, -0.2) is 47.7 Å². The molecule has 0 amide bonds. The lowest BCUT2D eigenvalue weighted by molar-refractivity contribution is -0.397. The lowest BCUT2D eigenvalue weighted by Gasteiger charge is -2.35. The van der Waals surface area contributed by atoms with Gasteiger partial charge in [-0.3, -0.25) is 4.79 Å². The summed E-state index contributed by atoms with van der Waals surface area (Å²) in [4.78, 5) is 11.1. The number of hydrogen-bond donors (Lipinski definition) is 1. The summed E-state index contributed by atoms with van der Waals surface area (Å²) in [5.41, 5.74) is 0. The third-order valence-corrected chi connectivity index (χ3v) is 4.62. The average molecular weight is 446 g/mol. The fourth-order valence-corrected chi connectivity index (χ4v) is 3.08. The summed E-state index contributed by atoms with van der Waals surface area (Å²) in [6, 6.07) is 0. The molecule has 14 heteroatoms. The fraction of sp³-hybridized carbons (Fsp3) is 0.643. The van der Waals surface area contributed by atoms with E-state index in [4.69, 9.17) is 14.6 Å². The number of alkyl halides is 9. The van der Waals surface area contributed by atoms with Gasteiger partial charge < -0.3 is 14.6 Å². The molecule has 2 unspecified atom stereocenters. The van der Waals surface area contributed by atoms with E-state index in [-0.39, 0.29) is 18.1 Å². The number of halogens is 9. The second-order valence-electron chi connectivity index (χ2n) is 5.98. The van der Waals surface area contributed by atoms with Crippen molar-refractivity contribution in [1.29, 1.82) is 0 Å². The van der Waals surface area contributed by atoms with E-state index >= 15 is 0 Å². The zero-order valence-electron chi connectivity index (χ0n) is 13.4. The van der Waals surface area contributed by atoms with E-state index < -0.39 is 54.8 Å². The largest absolute Gasteiger partial charge is 0.485 e. The third kappa shape index (κ3) is 3.96. The monoisotopic (exact) mass is 446 g/mol. The molecule has 0 saturated carbocycles. The van der Waals surface area contributed by atoms with Crippen LogP contribution < -0.4 is 9.47 Å². The molecule has 2 atom stereocenters. The van der Waals surface area contributed by atoms with E-state index in [1.54, 1.807) is 0 Å². The molecular formula is C14H11F9O4S. The summed E-state index contributed by atoms with van der Waals surface area (Å²) < 4.78 is 127. The molecule has 1 N–H and O–H groups in total. The number of ether oxygens (including phenoxy) is 2. The molecular weight excluding hydrogens is 435 g/mol. The topological polar surface area (TPSA) is 55.8 Å². The Morgan fingerprint density at radius 3 is 2.18 bits per heavy atom. The van der Waals surface area contributed by atoms with Crippen molar-refractivity contribution >= 4 is 17.3 Å². The van der Waals surface area contributed by atoms with Gasteiger partial charge in [-0.1, -0.05) is 0 Å². The van der Waals surface area contributed by atoms with E-state index in [1.807, 2.05) is 0 Å². The second kappa shape index (κ2) is 7.19. The maximum Gasteiger partial charge on any atom is 0.460 e. The predicted molar refractivity (Wildman–Crippen MR) is 75.5 cm³/mol. The number of carbonyl (C=O) groups is 1. The van der Waals surface area contributed by atoms with E-state index in [0.29, 0.717) is 0 Å². The maximum absolute atomic E-state index is 13.7. The lowest BCUT2D eigenvalue weighted by Crippen LogP contribution is -2.61. The highest BCUT2D eigenvalue weighted by molar-refractivity contribution is 7.08. The standard InChI is InChI=1S/C14H11F9O4S/c15-11(16,12(17,18)13(19,20)14(21,22)23)2-6(10(24)25)1-7-3-26-8-4-28-5-9(8)27-7/h4-7H,1-3H2,(H,24,25). The van der Waals surface area contributed by atoms with Crippen LogP contribution in [0.15, 0.2) is 10.8 Å². The van der Waals surface area contributed by atoms with Gasteiger partial charge in [0.1, 0.15) is 12.7 Å². The minimum atomic E-state index is -7.07. The number of carboxylic acids is 1. The first kappa shape index (κ1) is 22.4. The van der Waals surface area contributed by atoms with Crippen molar-refractivity contribution in [1.82, 2.24) is 0 Å². The quantitative estimate of drug-likeness (QED) is 0.610. The first-order valence-corrected chi connectivity index (χ1v) is 8.33. The van der Waals surface area contributed by atoms with Crippen LogP contribution in [0.2, 0.25) is 0 Å². The Bertz CT molecular complexity index is 716. The lowest BCUT2D eigenvalue weighted by atomic mass is 9.89. The van der Waals surface area contributed by atoms with Gasteiger partial charge in [0.05, 0.1) is 5.92 Å². The highest BCUT2D eigenvalue weighted by atomic mass is 32.1. The van der Waals surface area contributed by atoms with Crippen molar-refractivity contribution in [3.05, 3.63) is 10.8 Å². The van der Waals surface area contributed by atoms with E-state index in [0.717, 1.165) is 11.3 Å². The van der Waals surface area contributed by atoms with Gasteiger partial charge in [0, 0.05) is 23.6 Å². The van der Waals surface area contributed by atoms with Gasteiger partial charge in [-0.05, 0) is 0 Å². The van der Waals surface area contributed by atoms with Crippen molar-refractivity contribution < 1.29 is 58.9 Å². The molecule has 1 aromatic heterocycles. The Morgan fingerprint density at radius 2 is 1.64 bits per heavy atom. The summed E-state index contributed by atoms with van der Waals surface area (Å²) in [5, 5.41) is 11.9. The van der Waals surface area contributed by atoms with Crippen LogP contribution in [-0.2, 0) is 4.79 Å². The van der Waals surface area contributed by atoms with E-state index in [2.05, 4.69) is 0 Å². The third-order valence-electron chi connectivity index (χ3n) is 3.92. The van der Waals surface area contributed by atoms with Crippen LogP contribution in [0.4, 0.5) is 39.5 Å². The van der Waals surface area contributed by atoms with Gasteiger partial charge >= 0.3 is 29.9 Å². The Balaban J connectivity index is 2.17. The van der Waals surface area contributed by atoms with Gasteiger partial charge in [0.2, 0.25) is 0 Å². The Kier molecular flexibility index (Phi) is 5.76. The molecule has 0 saturated heterocycles. The zero-order valence-corrected chi connectivity index (χ0v) is 14.2. The first-order valence-electron chi connectivity index (χ1n) is 7.39. The van der Waals surface area contributed by atoms with Gasteiger partial charge in [0.15, 0.2) is 11.5 Å². The molecule has 4 nitrogen and oxygen atoms in total. The van der Waals surface area contributed by atoms with Crippen molar-refractivity contribution in [2.24, 2.45) is 5.92 Å². The molecule has 1 aromatic rings. The van der Waals surface area contributed by atoms with Gasteiger partial charge in [-0.2, -0.15) is 39.5 Å². The van der Waals surface area contributed by atoms with Gasteiger partial charge in [0.25, 0.3) is 0 Å². The van der Waals surface area contributed by atoms with Crippen LogP contribution in [0.25, 0.3) is 0 Å². The van der Waals surface area contributed by atoms with Crippen molar-refractivity contribution in [2.45, 2.75) is 42.9 Å². The van der Waals surface area contributed by atoms with Crippen LogP contribution in [0.1, 0.15) is 12.8 Å². The molecule has 28 heavy (non-hydrogen) atoms. The van der Waals surface area contributed by atoms with Crippen molar-refractivity contribution in [3.63, 3.8) is 0 Å². The summed E-state index contributed by atoms with van der Waals surface area (Å²) in [7, 11) is 0. The minimum Gasteiger partial charge on any atom is -0.485 e. The van der Waals surface area contributed by atoms with E-state index in [1.165, 1.54) is 10.8 Å². The Labute approximate surface area is 154 Å². The van der Waals surface area contributed by atoms with Crippen molar-refractivity contribution in [2.75, 3.05) is 6.61 Å². The normalized spacial score (nSPS) is 19.4. The van der Waals surface area contributed by atoms with Crippen LogP contribution >= 0.6 is 11.3 Å². The van der Waals surface area contributed by atoms with Gasteiger partial charge in [-0.25, -0.2) is 0 Å². The average Bonchev–Trinajstić information content (AvgIpc) is 3.00. The highest BCUT2D eigenvalue weighted by Gasteiger charge is 2.81. The molecule has 0 fully saturated rings. The number of thiophene rings is 1. The highest BCUT2D eigenvalue weighted by Crippen LogP contribution is 2.55. The maximum atomic E-state index is 13.7. The Hall–Kier alpha value is -1.86. The second-order valence-corrected chi connectivity index (χ2v) is 6.72. The van der Waals surface area contributed by atoms with Crippen LogP contribution in [0.3, 0.4) is 0 Å². The number of aliphatic carboxylic acids is 1. The van der Waals surface area contributed by atoms with Crippen LogP contribution in [0.5, 0.6) is 11.5 Å². The molecule has 0 aliphatic carbocycles. The number of hydrogen-bond acceptors (Lipinski definition) is 4. The number of carboxylic acid groups (broad SMARTS) is 1. The fourth-order valence-electron chi connectivity index (χ4n) is 2.41. The summed E-state index contributed by atoms with van der Waals surface area (Å²) >= 11 is 1.13. The molecule has 0 aromatic carbocycles. The number of fused-ring (bicyclic) bond motifs is 1. The smallest absolute Gasteiger partial charge is 0.460 e. The Morgan fingerprint density at radius 1 is 1.07 bits per heavy atom.